The second-order valence-corrected chi connectivity index (χ2v) is 5.43. The molecule has 1 atom stereocenters. The van der Waals surface area contributed by atoms with Crippen LogP contribution in [-0.2, 0) is 0 Å². The summed E-state index contributed by atoms with van der Waals surface area (Å²) < 4.78 is 0. The summed E-state index contributed by atoms with van der Waals surface area (Å²) in [6.07, 6.45) is 1.75. The Kier molecular flexibility index (Phi) is 4.93. The van der Waals surface area contributed by atoms with E-state index in [0.29, 0.717) is 5.11 Å². The van der Waals surface area contributed by atoms with Crippen LogP contribution in [-0.4, -0.2) is 10.1 Å². The maximum atomic E-state index is 5.88. The Morgan fingerprint density at radius 2 is 1.95 bits per heavy atom. The number of aromatic nitrogens is 1. The van der Waals surface area contributed by atoms with Crippen molar-refractivity contribution in [3.8, 4) is 0 Å². The van der Waals surface area contributed by atoms with Gasteiger partial charge in [0, 0.05) is 11.2 Å². The summed E-state index contributed by atoms with van der Waals surface area (Å²) in [7, 11) is 0. The third kappa shape index (κ3) is 4.18. The smallest absolute Gasteiger partial charge is 0.172 e. The Morgan fingerprint density at radius 1 is 1.25 bits per heavy atom. The minimum atomic E-state index is 0.0945. The third-order valence-corrected chi connectivity index (χ3v) is 3.35. The molecule has 1 aromatic heterocycles. The fraction of sp³-hybridized carbons (Fsp3) is 0.200. The summed E-state index contributed by atoms with van der Waals surface area (Å²) in [4.78, 5) is 4.22. The van der Waals surface area contributed by atoms with E-state index >= 15 is 0 Å². The molecular weight excluding hydrogens is 290 g/mol. The number of anilines is 1. The Morgan fingerprint density at radius 3 is 2.60 bits per heavy atom. The van der Waals surface area contributed by atoms with E-state index in [4.69, 9.17) is 23.8 Å². The van der Waals surface area contributed by atoms with Gasteiger partial charge in [0.2, 0.25) is 0 Å². The van der Waals surface area contributed by atoms with Gasteiger partial charge in [-0.15, -0.1) is 0 Å². The molecule has 1 heterocycles. The van der Waals surface area contributed by atoms with E-state index < -0.39 is 0 Å². The first-order chi connectivity index (χ1) is 9.54. The summed E-state index contributed by atoms with van der Waals surface area (Å²) in [6.45, 7) is 4.06. The molecule has 0 aliphatic rings. The fourth-order valence-electron chi connectivity index (χ4n) is 1.79. The molecule has 2 rings (SSSR count). The molecule has 0 radical (unpaired) electrons. The number of rotatable bonds is 3. The zero-order chi connectivity index (χ0) is 14.5. The maximum absolute atomic E-state index is 5.88. The van der Waals surface area contributed by atoms with Crippen molar-refractivity contribution in [1.82, 2.24) is 10.3 Å². The van der Waals surface area contributed by atoms with Gasteiger partial charge in [0.15, 0.2) is 5.11 Å². The summed E-state index contributed by atoms with van der Waals surface area (Å²) in [5.41, 5.74) is 2.26. The highest BCUT2D eigenvalue weighted by Crippen LogP contribution is 2.16. The van der Waals surface area contributed by atoms with Crippen LogP contribution in [0.3, 0.4) is 0 Å². The van der Waals surface area contributed by atoms with Crippen LogP contribution in [0.5, 0.6) is 0 Å². The molecule has 0 fully saturated rings. The molecule has 0 saturated heterocycles. The Hall–Kier alpha value is -1.65. The molecular formula is C15H16ClN3S. The van der Waals surface area contributed by atoms with Crippen LogP contribution in [0.15, 0.2) is 42.6 Å². The summed E-state index contributed by atoms with van der Waals surface area (Å²) >= 11 is 11.2. The van der Waals surface area contributed by atoms with Crippen molar-refractivity contribution in [2.75, 3.05) is 5.32 Å². The summed E-state index contributed by atoms with van der Waals surface area (Å²) in [6, 6.07) is 11.7. The first-order valence-electron chi connectivity index (χ1n) is 6.30. The monoisotopic (exact) mass is 305 g/mol. The van der Waals surface area contributed by atoms with Crippen LogP contribution in [0.4, 0.5) is 5.82 Å². The van der Waals surface area contributed by atoms with Gasteiger partial charge in [0.25, 0.3) is 0 Å². The number of nitrogens with one attached hydrogen (secondary N) is 2. The number of hydrogen-bond donors (Lipinski definition) is 2. The van der Waals surface area contributed by atoms with Crippen LogP contribution in [0.25, 0.3) is 0 Å². The van der Waals surface area contributed by atoms with E-state index in [1.807, 2.05) is 50.2 Å². The van der Waals surface area contributed by atoms with Crippen molar-refractivity contribution in [1.29, 1.82) is 0 Å². The minimum absolute atomic E-state index is 0.0945. The number of aryl methyl sites for hydroxylation is 1. The van der Waals surface area contributed by atoms with E-state index in [0.717, 1.165) is 22.0 Å². The predicted molar refractivity (Wildman–Crippen MR) is 88.2 cm³/mol. The van der Waals surface area contributed by atoms with E-state index in [1.54, 1.807) is 6.20 Å². The summed E-state index contributed by atoms with van der Waals surface area (Å²) in [5, 5.41) is 7.57. The number of benzene rings is 1. The van der Waals surface area contributed by atoms with Crippen molar-refractivity contribution in [3.05, 3.63) is 58.7 Å². The lowest BCUT2D eigenvalue weighted by Gasteiger charge is -2.17. The Bertz CT molecular complexity index is 598. The topological polar surface area (TPSA) is 37.0 Å². The molecule has 1 unspecified atom stereocenters. The largest absolute Gasteiger partial charge is 0.356 e. The molecule has 0 amide bonds. The normalized spacial score (nSPS) is 11.8. The molecule has 0 saturated carbocycles. The molecule has 0 spiro atoms. The number of pyridine rings is 1. The lowest BCUT2D eigenvalue weighted by molar-refractivity contribution is 0.722. The molecule has 1 aromatic carbocycles. The van der Waals surface area contributed by atoms with Gasteiger partial charge in [-0.1, -0.05) is 23.7 Å². The number of nitrogens with zero attached hydrogens (tertiary/aromatic N) is 1. The van der Waals surface area contributed by atoms with Gasteiger partial charge in [0.05, 0.1) is 6.04 Å². The standard InChI is InChI=1S/C15H16ClN3S/c1-10-7-8-17-14(9-10)19-15(20)18-11(2)12-3-5-13(16)6-4-12/h3-9,11H,1-2H3,(H2,17,18,19,20). The lowest BCUT2D eigenvalue weighted by Crippen LogP contribution is -2.31. The van der Waals surface area contributed by atoms with Gasteiger partial charge < -0.3 is 10.6 Å². The zero-order valence-electron chi connectivity index (χ0n) is 11.4. The molecule has 0 aliphatic carbocycles. The Balaban J connectivity index is 1.95. The second kappa shape index (κ2) is 6.68. The van der Waals surface area contributed by atoms with Crippen molar-refractivity contribution in [2.24, 2.45) is 0 Å². The number of hydrogen-bond acceptors (Lipinski definition) is 2. The first-order valence-corrected chi connectivity index (χ1v) is 7.09. The first kappa shape index (κ1) is 14.8. The molecule has 2 N–H and O–H groups in total. The maximum Gasteiger partial charge on any atom is 0.172 e. The van der Waals surface area contributed by atoms with Gasteiger partial charge in [-0.05, 0) is 61.5 Å². The highest BCUT2D eigenvalue weighted by Gasteiger charge is 2.07. The van der Waals surface area contributed by atoms with Crippen molar-refractivity contribution >= 4 is 34.7 Å². The van der Waals surface area contributed by atoms with Crippen LogP contribution >= 0.6 is 23.8 Å². The SMILES string of the molecule is Cc1ccnc(NC(=S)NC(C)c2ccc(Cl)cc2)c1. The second-order valence-electron chi connectivity index (χ2n) is 4.59. The van der Waals surface area contributed by atoms with E-state index in [-0.39, 0.29) is 6.04 Å². The van der Waals surface area contributed by atoms with E-state index in [2.05, 4.69) is 15.6 Å². The van der Waals surface area contributed by atoms with Gasteiger partial charge >= 0.3 is 0 Å². The van der Waals surface area contributed by atoms with Crippen LogP contribution < -0.4 is 10.6 Å². The zero-order valence-corrected chi connectivity index (χ0v) is 12.9. The van der Waals surface area contributed by atoms with Gasteiger partial charge in [-0.2, -0.15) is 0 Å². The van der Waals surface area contributed by atoms with Crippen LogP contribution in [0.1, 0.15) is 24.1 Å². The van der Waals surface area contributed by atoms with E-state index in [9.17, 15) is 0 Å². The van der Waals surface area contributed by atoms with E-state index in [1.165, 1.54) is 0 Å². The highest BCUT2D eigenvalue weighted by atomic mass is 35.5. The molecule has 0 aliphatic heterocycles. The Labute approximate surface area is 129 Å². The van der Waals surface area contributed by atoms with Crippen LogP contribution in [0.2, 0.25) is 5.02 Å². The predicted octanol–water partition coefficient (Wildman–Crippen LogP) is 4.09. The van der Waals surface area contributed by atoms with Gasteiger partial charge in [0.1, 0.15) is 5.82 Å². The van der Waals surface area contributed by atoms with Crippen LogP contribution in [0, 0.1) is 6.92 Å². The fourth-order valence-corrected chi connectivity index (χ4v) is 2.20. The average Bonchev–Trinajstić information content (AvgIpc) is 2.39. The van der Waals surface area contributed by atoms with Crippen molar-refractivity contribution in [3.63, 3.8) is 0 Å². The van der Waals surface area contributed by atoms with Crippen molar-refractivity contribution in [2.45, 2.75) is 19.9 Å². The van der Waals surface area contributed by atoms with Gasteiger partial charge in [-0.25, -0.2) is 4.98 Å². The third-order valence-electron chi connectivity index (χ3n) is 2.87. The molecule has 2 aromatic rings. The quantitative estimate of drug-likeness (QED) is 0.838. The van der Waals surface area contributed by atoms with Crippen molar-refractivity contribution < 1.29 is 0 Å². The number of thiocarbonyl (C=S) groups is 1. The summed E-state index contributed by atoms with van der Waals surface area (Å²) in [5.74, 6) is 0.741. The molecule has 20 heavy (non-hydrogen) atoms. The lowest BCUT2D eigenvalue weighted by atomic mass is 10.1. The molecule has 5 heteroatoms. The van der Waals surface area contributed by atoms with Gasteiger partial charge in [-0.3, -0.25) is 0 Å². The molecule has 104 valence electrons. The molecule has 0 bridgehead atoms. The average molecular weight is 306 g/mol. The number of halogens is 1. The molecule has 3 nitrogen and oxygen atoms in total. The highest BCUT2D eigenvalue weighted by molar-refractivity contribution is 7.80. The minimum Gasteiger partial charge on any atom is -0.356 e.